The van der Waals surface area contributed by atoms with Crippen molar-refractivity contribution >= 4 is 11.8 Å². The third kappa shape index (κ3) is 4.68. The zero-order valence-electron chi connectivity index (χ0n) is 13.5. The van der Waals surface area contributed by atoms with Crippen LogP contribution in [-0.4, -0.2) is 29.8 Å². The lowest BCUT2D eigenvalue weighted by molar-refractivity contribution is -0.139. The predicted octanol–water partition coefficient (Wildman–Crippen LogP) is 2.39. The van der Waals surface area contributed by atoms with Crippen LogP contribution in [0.25, 0.3) is 0 Å². The fraction of sp³-hybridized carbons (Fsp3) is 0.263. The Bertz CT molecular complexity index is 641. The summed E-state index contributed by atoms with van der Waals surface area (Å²) in [6.45, 7) is 1.92. The molecule has 1 unspecified atom stereocenters. The molecule has 1 N–H and O–H groups in total. The number of carbonyl (C=O) groups is 2. The third-order valence-corrected chi connectivity index (χ3v) is 3.80. The van der Waals surface area contributed by atoms with Crippen LogP contribution >= 0.6 is 0 Å². The lowest BCUT2D eigenvalue weighted by Gasteiger charge is -2.30. The monoisotopic (exact) mass is 310 g/mol. The van der Waals surface area contributed by atoms with Crippen LogP contribution in [-0.2, 0) is 22.6 Å². The molecule has 0 fully saturated rings. The van der Waals surface area contributed by atoms with E-state index in [2.05, 4.69) is 5.32 Å². The summed E-state index contributed by atoms with van der Waals surface area (Å²) < 4.78 is 0. The van der Waals surface area contributed by atoms with Crippen LogP contribution in [0.15, 0.2) is 60.7 Å². The molecule has 0 heterocycles. The molecule has 2 rings (SSSR count). The van der Waals surface area contributed by atoms with Crippen molar-refractivity contribution in [3.8, 4) is 0 Å². The Hall–Kier alpha value is -2.62. The largest absolute Gasteiger partial charge is 0.357 e. The van der Waals surface area contributed by atoms with Gasteiger partial charge in [-0.1, -0.05) is 60.7 Å². The molecular weight excluding hydrogens is 288 g/mol. The molecule has 120 valence electrons. The Morgan fingerprint density at radius 2 is 1.48 bits per heavy atom. The third-order valence-electron chi connectivity index (χ3n) is 3.80. The topological polar surface area (TPSA) is 49.4 Å². The minimum atomic E-state index is -0.528. The lowest BCUT2D eigenvalue weighted by atomic mass is 10.0. The summed E-state index contributed by atoms with van der Waals surface area (Å²) in [5.41, 5.74) is 2.03. The van der Waals surface area contributed by atoms with Gasteiger partial charge >= 0.3 is 0 Å². The van der Waals surface area contributed by atoms with Gasteiger partial charge in [-0.05, 0) is 11.1 Å². The van der Waals surface area contributed by atoms with Gasteiger partial charge in [-0.2, -0.15) is 0 Å². The minimum Gasteiger partial charge on any atom is -0.357 e. The van der Waals surface area contributed by atoms with E-state index in [0.717, 1.165) is 11.1 Å². The van der Waals surface area contributed by atoms with E-state index in [0.29, 0.717) is 13.0 Å². The first kappa shape index (κ1) is 16.7. The highest BCUT2D eigenvalue weighted by Crippen LogP contribution is 2.14. The second-order valence-electron chi connectivity index (χ2n) is 5.45. The summed E-state index contributed by atoms with van der Waals surface area (Å²) in [6, 6.07) is 18.9. The lowest BCUT2D eigenvalue weighted by Crippen LogP contribution is -2.49. The summed E-state index contributed by atoms with van der Waals surface area (Å²) in [5, 5.41) is 2.67. The maximum absolute atomic E-state index is 12.3. The number of likely N-dealkylation sites (N-methyl/N-ethyl adjacent to an activating group) is 1. The van der Waals surface area contributed by atoms with Crippen molar-refractivity contribution in [2.75, 3.05) is 7.05 Å². The molecule has 0 aliphatic carbocycles. The highest BCUT2D eigenvalue weighted by molar-refractivity contribution is 5.87. The van der Waals surface area contributed by atoms with E-state index in [-0.39, 0.29) is 11.8 Å². The molecule has 0 radical (unpaired) electrons. The van der Waals surface area contributed by atoms with E-state index in [1.54, 1.807) is 11.9 Å². The molecule has 1 atom stereocenters. The fourth-order valence-corrected chi connectivity index (χ4v) is 2.57. The van der Waals surface area contributed by atoms with E-state index in [9.17, 15) is 9.59 Å². The minimum absolute atomic E-state index is 0.113. The second-order valence-corrected chi connectivity index (χ2v) is 5.45. The number of hydrogen-bond donors (Lipinski definition) is 1. The van der Waals surface area contributed by atoms with Crippen molar-refractivity contribution in [2.45, 2.75) is 25.9 Å². The van der Waals surface area contributed by atoms with Crippen molar-refractivity contribution in [3.05, 3.63) is 71.8 Å². The highest BCUT2D eigenvalue weighted by atomic mass is 16.2. The van der Waals surface area contributed by atoms with Gasteiger partial charge < -0.3 is 10.2 Å². The van der Waals surface area contributed by atoms with Gasteiger partial charge in [0.2, 0.25) is 11.8 Å². The smallest absolute Gasteiger partial charge is 0.242 e. The van der Waals surface area contributed by atoms with Gasteiger partial charge in [-0.3, -0.25) is 9.59 Å². The summed E-state index contributed by atoms with van der Waals surface area (Å²) in [4.78, 5) is 26.1. The number of carbonyl (C=O) groups excluding carboxylic acids is 2. The first-order chi connectivity index (χ1) is 11.1. The molecule has 2 aromatic carbocycles. The summed E-state index contributed by atoms with van der Waals surface area (Å²) in [5.74, 6) is -0.265. The summed E-state index contributed by atoms with van der Waals surface area (Å²) in [6.07, 6.45) is 0.493. The predicted molar refractivity (Wildman–Crippen MR) is 90.7 cm³/mol. The molecule has 23 heavy (non-hydrogen) atoms. The highest BCUT2D eigenvalue weighted by Gasteiger charge is 2.27. The molecule has 0 aliphatic heterocycles. The van der Waals surface area contributed by atoms with E-state index >= 15 is 0 Å². The second kappa shape index (κ2) is 8.13. The quantitative estimate of drug-likeness (QED) is 0.890. The molecule has 0 saturated carbocycles. The Morgan fingerprint density at radius 1 is 0.957 bits per heavy atom. The maximum atomic E-state index is 12.3. The van der Waals surface area contributed by atoms with Gasteiger partial charge in [-0.25, -0.2) is 0 Å². The number of amides is 2. The van der Waals surface area contributed by atoms with Gasteiger partial charge in [0, 0.05) is 26.9 Å². The maximum Gasteiger partial charge on any atom is 0.242 e. The molecule has 0 spiro atoms. The first-order valence-corrected chi connectivity index (χ1v) is 7.68. The Kier molecular flexibility index (Phi) is 5.92. The van der Waals surface area contributed by atoms with Crippen LogP contribution in [0.1, 0.15) is 18.1 Å². The zero-order chi connectivity index (χ0) is 16.7. The summed E-state index contributed by atoms with van der Waals surface area (Å²) in [7, 11) is 1.60. The van der Waals surface area contributed by atoms with Crippen LogP contribution in [0.2, 0.25) is 0 Å². The first-order valence-electron chi connectivity index (χ1n) is 7.68. The average Bonchev–Trinajstić information content (AvgIpc) is 2.59. The van der Waals surface area contributed by atoms with Crippen LogP contribution in [0, 0.1) is 0 Å². The van der Waals surface area contributed by atoms with Crippen molar-refractivity contribution < 1.29 is 9.59 Å². The Labute approximate surface area is 137 Å². The van der Waals surface area contributed by atoms with Gasteiger partial charge in [-0.15, -0.1) is 0 Å². The van der Waals surface area contributed by atoms with Crippen LogP contribution in [0.3, 0.4) is 0 Å². The molecule has 0 bridgehead atoms. The number of rotatable bonds is 6. The number of nitrogens with zero attached hydrogens (tertiary/aromatic N) is 1. The van der Waals surface area contributed by atoms with Gasteiger partial charge in [0.15, 0.2) is 0 Å². The molecule has 0 aliphatic rings. The van der Waals surface area contributed by atoms with Crippen LogP contribution in [0.4, 0.5) is 0 Å². The van der Waals surface area contributed by atoms with E-state index in [1.807, 2.05) is 60.7 Å². The zero-order valence-corrected chi connectivity index (χ0v) is 13.5. The number of hydrogen-bond acceptors (Lipinski definition) is 2. The van der Waals surface area contributed by atoms with Crippen LogP contribution < -0.4 is 5.32 Å². The SMILES string of the molecule is CNC(=O)C(Cc1ccccc1)N(Cc1ccccc1)C(C)=O. The molecule has 2 amide bonds. The number of benzene rings is 2. The molecule has 2 aromatic rings. The molecule has 4 heteroatoms. The molecule has 0 saturated heterocycles. The molecule has 0 aromatic heterocycles. The number of nitrogens with one attached hydrogen (secondary N) is 1. The van der Waals surface area contributed by atoms with Crippen molar-refractivity contribution in [1.29, 1.82) is 0 Å². The normalized spacial score (nSPS) is 11.6. The van der Waals surface area contributed by atoms with E-state index in [1.165, 1.54) is 6.92 Å². The van der Waals surface area contributed by atoms with Gasteiger partial charge in [0.1, 0.15) is 6.04 Å². The Morgan fingerprint density at radius 3 is 1.96 bits per heavy atom. The average molecular weight is 310 g/mol. The van der Waals surface area contributed by atoms with Crippen molar-refractivity contribution in [1.82, 2.24) is 10.2 Å². The molecular formula is C19H22N2O2. The van der Waals surface area contributed by atoms with E-state index in [4.69, 9.17) is 0 Å². The van der Waals surface area contributed by atoms with Crippen LogP contribution in [0.5, 0.6) is 0 Å². The standard InChI is InChI=1S/C19H22N2O2/c1-15(22)21(14-17-11-7-4-8-12-17)18(19(23)20-2)13-16-9-5-3-6-10-16/h3-12,18H,13-14H2,1-2H3,(H,20,23). The van der Waals surface area contributed by atoms with Crippen molar-refractivity contribution in [2.24, 2.45) is 0 Å². The fourth-order valence-electron chi connectivity index (χ4n) is 2.57. The molecule has 4 nitrogen and oxygen atoms in total. The Balaban J connectivity index is 2.26. The van der Waals surface area contributed by atoms with E-state index < -0.39 is 6.04 Å². The van der Waals surface area contributed by atoms with Gasteiger partial charge in [0.25, 0.3) is 0 Å². The van der Waals surface area contributed by atoms with Crippen molar-refractivity contribution in [3.63, 3.8) is 0 Å². The summed E-state index contributed by atoms with van der Waals surface area (Å²) >= 11 is 0. The van der Waals surface area contributed by atoms with Gasteiger partial charge in [0.05, 0.1) is 0 Å².